The van der Waals surface area contributed by atoms with Crippen LogP contribution in [0.4, 0.5) is 0 Å². The number of rotatable bonds is 4. The highest BCUT2D eigenvalue weighted by Crippen LogP contribution is 2.20. The monoisotopic (exact) mass is 331 g/mol. The SMILES string of the molecule is CC=CCn1c(=O)c2c(nc3n(CCO)c(C)c(C)n23)n(C)c1=O. The van der Waals surface area contributed by atoms with E-state index in [1.807, 2.05) is 25.3 Å². The summed E-state index contributed by atoms with van der Waals surface area (Å²) < 4.78 is 6.23. The smallest absolute Gasteiger partial charge is 0.332 e. The predicted octanol–water partition coefficient (Wildman–Crippen LogP) is 0.335. The van der Waals surface area contributed by atoms with Crippen molar-refractivity contribution in [1.82, 2.24) is 23.1 Å². The molecule has 0 radical (unpaired) electrons. The predicted molar refractivity (Wildman–Crippen MR) is 91.6 cm³/mol. The van der Waals surface area contributed by atoms with Crippen LogP contribution in [0.25, 0.3) is 16.9 Å². The average Bonchev–Trinajstić information content (AvgIpc) is 3.05. The molecule has 8 heteroatoms. The number of aliphatic hydroxyl groups excluding tert-OH is 1. The number of hydrogen-bond donors (Lipinski definition) is 1. The highest BCUT2D eigenvalue weighted by molar-refractivity contribution is 5.76. The lowest BCUT2D eigenvalue weighted by molar-refractivity contribution is 0.276. The standard InChI is InChI=1S/C16H21N5O3/c1-5-6-7-20-14(23)12-13(18(4)16(20)24)17-15-19(8-9-22)10(2)11(3)21(12)15/h5-6,22H,7-9H2,1-4H3. The third-order valence-corrected chi connectivity index (χ3v) is 4.48. The van der Waals surface area contributed by atoms with E-state index in [9.17, 15) is 14.7 Å². The molecule has 24 heavy (non-hydrogen) atoms. The molecule has 128 valence electrons. The molecule has 0 aromatic carbocycles. The van der Waals surface area contributed by atoms with E-state index in [4.69, 9.17) is 0 Å². The summed E-state index contributed by atoms with van der Waals surface area (Å²) in [6.07, 6.45) is 3.57. The van der Waals surface area contributed by atoms with E-state index in [2.05, 4.69) is 4.98 Å². The zero-order valence-electron chi connectivity index (χ0n) is 14.3. The number of hydrogen-bond acceptors (Lipinski definition) is 4. The van der Waals surface area contributed by atoms with Crippen molar-refractivity contribution < 1.29 is 5.11 Å². The van der Waals surface area contributed by atoms with Gasteiger partial charge in [0.2, 0.25) is 5.78 Å². The molecule has 0 spiro atoms. The number of aryl methyl sites for hydroxylation is 2. The molecular weight excluding hydrogens is 310 g/mol. The fourth-order valence-electron chi connectivity index (χ4n) is 3.05. The minimum Gasteiger partial charge on any atom is -0.395 e. The van der Waals surface area contributed by atoms with Gasteiger partial charge in [-0.2, -0.15) is 4.98 Å². The van der Waals surface area contributed by atoms with Crippen molar-refractivity contribution in [1.29, 1.82) is 0 Å². The topological polar surface area (TPSA) is 86.5 Å². The Morgan fingerprint density at radius 1 is 1.17 bits per heavy atom. The number of aromatic nitrogens is 5. The fraction of sp³-hybridized carbons (Fsp3) is 0.438. The van der Waals surface area contributed by atoms with Crippen LogP contribution in [-0.2, 0) is 20.1 Å². The summed E-state index contributed by atoms with van der Waals surface area (Å²) in [6, 6.07) is 0. The summed E-state index contributed by atoms with van der Waals surface area (Å²) in [7, 11) is 1.61. The Bertz CT molecular complexity index is 1080. The van der Waals surface area contributed by atoms with E-state index >= 15 is 0 Å². The van der Waals surface area contributed by atoms with Crippen LogP contribution >= 0.6 is 0 Å². The number of allylic oxidation sites excluding steroid dienone is 2. The molecule has 3 rings (SSSR count). The number of aliphatic hydroxyl groups is 1. The molecule has 0 atom stereocenters. The second kappa shape index (κ2) is 5.79. The fourth-order valence-corrected chi connectivity index (χ4v) is 3.05. The van der Waals surface area contributed by atoms with Crippen molar-refractivity contribution in [3.05, 3.63) is 44.4 Å². The Balaban J connectivity index is 2.51. The van der Waals surface area contributed by atoms with Crippen molar-refractivity contribution in [2.24, 2.45) is 7.05 Å². The van der Waals surface area contributed by atoms with Gasteiger partial charge in [-0.05, 0) is 20.8 Å². The maximum atomic E-state index is 12.9. The summed E-state index contributed by atoms with van der Waals surface area (Å²) in [5.41, 5.74) is 1.79. The molecule has 0 bridgehead atoms. The van der Waals surface area contributed by atoms with Gasteiger partial charge in [0.25, 0.3) is 5.56 Å². The van der Waals surface area contributed by atoms with Crippen molar-refractivity contribution >= 4 is 16.9 Å². The lowest BCUT2D eigenvalue weighted by Crippen LogP contribution is -2.39. The quantitative estimate of drug-likeness (QED) is 0.698. The largest absolute Gasteiger partial charge is 0.395 e. The minimum absolute atomic E-state index is 0.0295. The number of fused-ring (bicyclic) bond motifs is 3. The van der Waals surface area contributed by atoms with Gasteiger partial charge in [-0.3, -0.25) is 18.3 Å². The highest BCUT2D eigenvalue weighted by atomic mass is 16.3. The second-order valence-electron chi connectivity index (χ2n) is 5.79. The molecule has 0 aliphatic carbocycles. The second-order valence-corrected chi connectivity index (χ2v) is 5.79. The van der Waals surface area contributed by atoms with Crippen LogP contribution in [0.5, 0.6) is 0 Å². The Labute approximate surface area is 137 Å². The minimum atomic E-state index is -0.394. The molecule has 0 unspecified atom stereocenters. The molecule has 0 saturated carbocycles. The van der Waals surface area contributed by atoms with E-state index in [-0.39, 0.29) is 18.7 Å². The first-order chi connectivity index (χ1) is 11.4. The first kappa shape index (κ1) is 16.3. The summed E-state index contributed by atoms with van der Waals surface area (Å²) >= 11 is 0. The van der Waals surface area contributed by atoms with Gasteiger partial charge in [0.05, 0.1) is 6.61 Å². The summed E-state index contributed by atoms with van der Waals surface area (Å²) in [6.45, 7) is 6.24. The lowest BCUT2D eigenvalue weighted by Gasteiger charge is -2.06. The van der Waals surface area contributed by atoms with Gasteiger partial charge in [-0.15, -0.1) is 0 Å². The Morgan fingerprint density at radius 2 is 1.88 bits per heavy atom. The zero-order valence-corrected chi connectivity index (χ0v) is 14.3. The maximum Gasteiger partial charge on any atom is 0.332 e. The van der Waals surface area contributed by atoms with Crippen LogP contribution in [0.2, 0.25) is 0 Å². The van der Waals surface area contributed by atoms with Crippen molar-refractivity contribution in [2.45, 2.75) is 33.9 Å². The molecule has 0 fully saturated rings. The van der Waals surface area contributed by atoms with Crippen LogP contribution < -0.4 is 11.2 Å². The van der Waals surface area contributed by atoms with Crippen LogP contribution in [0.3, 0.4) is 0 Å². The van der Waals surface area contributed by atoms with Gasteiger partial charge >= 0.3 is 5.69 Å². The molecule has 0 aliphatic heterocycles. The third-order valence-electron chi connectivity index (χ3n) is 4.48. The molecule has 0 amide bonds. The van der Waals surface area contributed by atoms with Gasteiger partial charge < -0.3 is 9.67 Å². The number of imidazole rings is 2. The van der Waals surface area contributed by atoms with Crippen LogP contribution in [-0.4, -0.2) is 34.8 Å². The zero-order chi connectivity index (χ0) is 17.6. The van der Waals surface area contributed by atoms with Crippen molar-refractivity contribution in [3.63, 3.8) is 0 Å². The number of nitrogens with zero attached hydrogens (tertiary/aromatic N) is 5. The summed E-state index contributed by atoms with van der Waals surface area (Å²) in [4.78, 5) is 29.9. The summed E-state index contributed by atoms with van der Waals surface area (Å²) in [5.74, 6) is 0.560. The normalized spacial score (nSPS) is 12.2. The van der Waals surface area contributed by atoms with Crippen molar-refractivity contribution in [3.8, 4) is 0 Å². The molecule has 1 N–H and O–H groups in total. The van der Waals surface area contributed by atoms with Crippen molar-refractivity contribution in [2.75, 3.05) is 6.61 Å². The first-order valence-electron chi connectivity index (χ1n) is 7.83. The Hall–Kier alpha value is -2.61. The van der Waals surface area contributed by atoms with Gasteiger partial charge in [0.15, 0.2) is 11.2 Å². The van der Waals surface area contributed by atoms with Crippen LogP contribution in [0, 0.1) is 13.8 Å². The lowest BCUT2D eigenvalue weighted by atomic mass is 10.3. The van der Waals surface area contributed by atoms with E-state index in [0.717, 1.165) is 11.4 Å². The molecule has 0 saturated heterocycles. The Kier molecular flexibility index (Phi) is 3.92. The molecule has 8 nitrogen and oxygen atoms in total. The van der Waals surface area contributed by atoms with Gasteiger partial charge in [-0.25, -0.2) is 4.79 Å². The van der Waals surface area contributed by atoms with Crippen LogP contribution in [0.15, 0.2) is 21.7 Å². The van der Waals surface area contributed by atoms with Gasteiger partial charge in [0, 0.05) is 31.5 Å². The Morgan fingerprint density at radius 3 is 2.50 bits per heavy atom. The van der Waals surface area contributed by atoms with E-state index in [1.165, 1.54) is 9.13 Å². The summed E-state index contributed by atoms with van der Waals surface area (Å²) in [5, 5.41) is 9.30. The van der Waals surface area contributed by atoms with Gasteiger partial charge in [0.1, 0.15) is 0 Å². The highest BCUT2D eigenvalue weighted by Gasteiger charge is 2.21. The van der Waals surface area contributed by atoms with Gasteiger partial charge in [-0.1, -0.05) is 12.2 Å². The molecule has 3 heterocycles. The molecule has 3 aromatic rings. The molecule has 3 aromatic heterocycles. The molecule has 0 aliphatic rings. The average molecular weight is 331 g/mol. The first-order valence-corrected chi connectivity index (χ1v) is 7.83. The van der Waals surface area contributed by atoms with E-state index in [0.29, 0.717) is 23.5 Å². The van der Waals surface area contributed by atoms with E-state index < -0.39 is 5.69 Å². The third kappa shape index (κ3) is 2.06. The molecular formula is C16H21N5O3. The van der Waals surface area contributed by atoms with Crippen LogP contribution in [0.1, 0.15) is 18.3 Å². The maximum absolute atomic E-state index is 12.9. The van der Waals surface area contributed by atoms with E-state index in [1.54, 1.807) is 23.6 Å².